The standard InChI is InChI=1S/C17H20O4S/c1-4-11-9-13(18)12-5-6-14(22-10(2)3)15(16(12)21-11)17-19-7-8-20-17/h5-6,9-10,17H,4,7-8H2,1-3H3. The van der Waals surface area contributed by atoms with Crippen LogP contribution in [0.15, 0.2) is 32.3 Å². The van der Waals surface area contributed by atoms with Gasteiger partial charge in [0, 0.05) is 22.6 Å². The van der Waals surface area contributed by atoms with E-state index >= 15 is 0 Å². The third-order valence-corrected chi connectivity index (χ3v) is 4.60. The van der Waals surface area contributed by atoms with Crippen LogP contribution in [0.5, 0.6) is 0 Å². The summed E-state index contributed by atoms with van der Waals surface area (Å²) in [6.07, 6.45) is 0.221. The number of ether oxygens (including phenoxy) is 2. The van der Waals surface area contributed by atoms with Crippen molar-refractivity contribution in [3.8, 4) is 0 Å². The molecule has 0 bridgehead atoms. The lowest BCUT2D eigenvalue weighted by atomic mass is 10.1. The first kappa shape index (κ1) is 15.6. The van der Waals surface area contributed by atoms with E-state index in [4.69, 9.17) is 13.9 Å². The van der Waals surface area contributed by atoms with Crippen molar-refractivity contribution < 1.29 is 13.9 Å². The second kappa shape index (κ2) is 6.44. The zero-order valence-corrected chi connectivity index (χ0v) is 13.9. The number of benzene rings is 1. The molecule has 1 aromatic carbocycles. The number of hydrogen-bond acceptors (Lipinski definition) is 5. The average molecular weight is 320 g/mol. The molecule has 118 valence electrons. The second-order valence-electron chi connectivity index (χ2n) is 5.52. The van der Waals surface area contributed by atoms with Gasteiger partial charge in [0.1, 0.15) is 11.3 Å². The molecule has 1 saturated heterocycles. The van der Waals surface area contributed by atoms with Gasteiger partial charge in [-0.15, -0.1) is 11.8 Å². The molecule has 1 aromatic heterocycles. The number of aryl methyl sites for hydroxylation is 1. The first-order valence-electron chi connectivity index (χ1n) is 7.59. The van der Waals surface area contributed by atoms with Crippen LogP contribution in [-0.2, 0) is 15.9 Å². The Labute approximate surface area is 133 Å². The third-order valence-electron chi connectivity index (χ3n) is 3.52. The largest absolute Gasteiger partial charge is 0.460 e. The van der Waals surface area contributed by atoms with Gasteiger partial charge < -0.3 is 13.9 Å². The molecule has 0 amide bonds. The van der Waals surface area contributed by atoms with Crippen LogP contribution in [0.1, 0.15) is 38.4 Å². The molecule has 0 radical (unpaired) electrons. The third kappa shape index (κ3) is 2.93. The van der Waals surface area contributed by atoms with E-state index in [0.717, 1.165) is 10.5 Å². The van der Waals surface area contributed by atoms with Crippen molar-refractivity contribution in [3.63, 3.8) is 0 Å². The van der Waals surface area contributed by atoms with Gasteiger partial charge in [-0.25, -0.2) is 0 Å². The fourth-order valence-corrected chi connectivity index (χ4v) is 3.52. The van der Waals surface area contributed by atoms with Crippen molar-refractivity contribution in [2.75, 3.05) is 13.2 Å². The van der Waals surface area contributed by atoms with Gasteiger partial charge in [-0.3, -0.25) is 4.79 Å². The lowest BCUT2D eigenvalue weighted by Crippen LogP contribution is -2.08. The summed E-state index contributed by atoms with van der Waals surface area (Å²) in [4.78, 5) is 13.4. The predicted octanol–water partition coefficient (Wildman–Crippen LogP) is 3.90. The fourth-order valence-electron chi connectivity index (χ4n) is 2.55. The Morgan fingerprint density at radius 3 is 2.64 bits per heavy atom. The van der Waals surface area contributed by atoms with E-state index in [-0.39, 0.29) is 5.43 Å². The molecule has 0 spiro atoms. The first-order valence-corrected chi connectivity index (χ1v) is 8.47. The molecule has 4 nitrogen and oxygen atoms in total. The average Bonchev–Trinajstić information content (AvgIpc) is 2.99. The number of rotatable bonds is 4. The highest BCUT2D eigenvalue weighted by Gasteiger charge is 2.26. The van der Waals surface area contributed by atoms with E-state index in [1.165, 1.54) is 0 Å². The smallest absolute Gasteiger partial charge is 0.192 e. The van der Waals surface area contributed by atoms with E-state index in [9.17, 15) is 4.79 Å². The maximum absolute atomic E-state index is 12.3. The van der Waals surface area contributed by atoms with E-state index in [2.05, 4.69) is 13.8 Å². The van der Waals surface area contributed by atoms with Crippen molar-refractivity contribution in [1.29, 1.82) is 0 Å². The monoisotopic (exact) mass is 320 g/mol. The summed E-state index contributed by atoms with van der Waals surface area (Å²) in [5, 5.41) is 0.998. The van der Waals surface area contributed by atoms with Gasteiger partial charge in [-0.05, 0) is 12.1 Å². The summed E-state index contributed by atoms with van der Waals surface area (Å²) >= 11 is 1.72. The second-order valence-corrected chi connectivity index (χ2v) is 7.14. The molecule has 1 aliphatic rings. The van der Waals surface area contributed by atoms with Gasteiger partial charge in [0.25, 0.3) is 0 Å². The Morgan fingerprint density at radius 1 is 1.27 bits per heavy atom. The van der Waals surface area contributed by atoms with Crippen LogP contribution in [0.4, 0.5) is 0 Å². The molecule has 22 heavy (non-hydrogen) atoms. The predicted molar refractivity (Wildman–Crippen MR) is 87.5 cm³/mol. The number of hydrogen-bond donors (Lipinski definition) is 0. The van der Waals surface area contributed by atoms with E-state index in [1.807, 2.05) is 19.1 Å². The Hall–Kier alpha value is -1.30. The maximum atomic E-state index is 12.3. The molecule has 1 fully saturated rings. The summed E-state index contributed by atoms with van der Waals surface area (Å²) in [5.74, 6) is 0.684. The Bertz CT molecular complexity index is 729. The van der Waals surface area contributed by atoms with Crippen LogP contribution in [0.2, 0.25) is 0 Å². The summed E-state index contributed by atoms with van der Waals surface area (Å²) in [7, 11) is 0. The molecule has 1 aliphatic heterocycles. The van der Waals surface area contributed by atoms with Gasteiger partial charge in [0.2, 0.25) is 0 Å². The highest BCUT2D eigenvalue weighted by Crippen LogP contribution is 2.38. The lowest BCUT2D eigenvalue weighted by molar-refractivity contribution is -0.0455. The number of fused-ring (bicyclic) bond motifs is 1. The minimum Gasteiger partial charge on any atom is -0.460 e. The molecule has 0 aliphatic carbocycles. The molecule has 2 heterocycles. The maximum Gasteiger partial charge on any atom is 0.192 e. The normalized spacial score (nSPS) is 16.0. The Morgan fingerprint density at radius 2 is 2.00 bits per heavy atom. The Balaban J connectivity index is 2.26. The van der Waals surface area contributed by atoms with Gasteiger partial charge in [-0.1, -0.05) is 20.8 Å². The summed E-state index contributed by atoms with van der Waals surface area (Å²) in [6, 6.07) is 5.37. The van der Waals surface area contributed by atoms with Gasteiger partial charge in [0.15, 0.2) is 11.7 Å². The van der Waals surface area contributed by atoms with Crippen molar-refractivity contribution >= 4 is 22.7 Å². The zero-order chi connectivity index (χ0) is 15.7. The quantitative estimate of drug-likeness (QED) is 0.800. The van der Waals surface area contributed by atoms with Crippen LogP contribution < -0.4 is 5.43 Å². The fraction of sp³-hybridized carbons (Fsp3) is 0.471. The molecule has 0 saturated carbocycles. The van der Waals surface area contributed by atoms with Crippen molar-refractivity contribution in [3.05, 3.63) is 39.7 Å². The summed E-state index contributed by atoms with van der Waals surface area (Å²) in [5.41, 5.74) is 1.43. The molecule has 5 heteroatoms. The molecular formula is C17H20O4S. The molecular weight excluding hydrogens is 300 g/mol. The Kier molecular flexibility index (Phi) is 4.57. The van der Waals surface area contributed by atoms with E-state index < -0.39 is 6.29 Å². The first-order chi connectivity index (χ1) is 10.6. The topological polar surface area (TPSA) is 48.7 Å². The molecule has 3 rings (SSSR count). The van der Waals surface area contributed by atoms with Crippen LogP contribution >= 0.6 is 11.8 Å². The molecule has 0 atom stereocenters. The van der Waals surface area contributed by atoms with E-state index in [0.29, 0.717) is 41.6 Å². The summed E-state index contributed by atoms with van der Waals surface area (Å²) < 4.78 is 17.4. The van der Waals surface area contributed by atoms with Crippen molar-refractivity contribution in [2.24, 2.45) is 0 Å². The summed E-state index contributed by atoms with van der Waals surface area (Å²) in [6.45, 7) is 7.36. The van der Waals surface area contributed by atoms with Crippen LogP contribution in [0.25, 0.3) is 11.0 Å². The van der Waals surface area contributed by atoms with Crippen LogP contribution in [-0.4, -0.2) is 18.5 Å². The molecule has 0 unspecified atom stereocenters. The van der Waals surface area contributed by atoms with Crippen molar-refractivity contribution in [1.82, 2.24) is 0 Å². The highest BCUT2D eigenvalue weighted by molar-refractivity contribution is 8.00. The van der Waals surface area contributed by atoms with Crippen LogP contribution in [0.3, 0.4) is 0 Å². The molecule has 2 aromatic rings. The van der Waals surface area contributed by atoms with Crippen LogP contribution in [0, 0.1) is 0 Å². The number of thioether (sulfide) groups is 1. The van der Waals surface area contributed by atoms with Crippen molar-refractivity contribution in [2.45, 2.75) is 43.6 Å². The zero-order valence-electron chi connectivity index (χ0n) is 13.0. The minimum absolute atomic E-state index is 0.0153. The lowest BCUT2D eigenvalue weighted by Gasteiger charge is -2.17. The SMILES string of the molecule is CCc1cc(=O)c2ccc(SC(C)C)c(C3OCCO3)c2o1. The highest BCUT2D eigenvalue weighted by atomic mass is 32.2. The van der Waals surface area contributed by atoms with E-state index in [1.54, 1.807) is 17.8 Å². The van der Waals surface area contributed by atoms with Gasteiger partial charge in [0.05, 0.1) is 24.2 Å². The minimum atomic E-state index is -0.458. The van der Waals surface area contributed by atoms with Gasteiger partial charge >= 0.3 is 0 Å². The van der Waals surface area contributed by atoms with Gasteiger partial charge in [-0.2, -0.15) is 0 Å². The molecule has 0 N–H and O–H groups in total.